The number of benzene rings is 2. The summed E-state index contributed by atoms with van der Waals surface area (Å²) in [6.45, 7) is 3.51. The second-order valence-corrected chi connectivity index (χ2v) is 10.7. The fourth-order valence-corrected chi connectivity index (χ4v) is 6.06. The van der Waals surface area contributed by atoms with Gasteiger partial charge in [-0.25, -0.2) is 13.4 Å². The molecular weight excluding hydrogens is 481 g/mol. The molecule has 1 saturated heterocycles. The van der Waals surface area contributed by atoms with Crippen molar-refractivity contribution < 1.29 is 8.42 Å². The summed E-state index contributed by atoms with van der Waals surface area (Å²) in [7, 11) is -3.69. The number of piperazine rings is 1. The van der Waals surface area contributed by atoms with Crippen LogP contribution in [-0.2, 0) is 10.0 Å². The van der Waals surface area contributed by atoms with E-state index in [2.05, 4.69) is 11.0 Å². The first kappa shape index (κ1) is 22.0. The maximum Gasteiger partial charge on any atom is 0.243 e. The van der Waals surface area contributed by atoms with Crippen molar-refractivity contribution in [2.75, 3.05) is 31.1 Å². The summed E-state index contributed by atoms with van der Waals surface area (Å²) in [4.78, 5) is 6.96. The van der Waals surface area contributed by atoms with Gasteiger partial charge >= 0.3 is 0 Å². The lowest BCUT2D eigenvalue weighted by Crippen LogP contribution is -2.49. The minimum absolute atomic E-state index is 0.127. The van der Waals surface area contributed by atoms with Gasteiger partial charge in [-0.15, -0.1) is 0 Å². The molecule has 0 radical (unpaired) electrons. The summed E-state index contributed by atoms with van der Waals surface area (Å²) >= 11 is 12.0. The molecule has 0 aliphatic carbocycles. The Morgan fingerprint density at radius 1 is 1.00 bits per heavy atom. The molecule has 0 bridgehead atoms. The van der Waals surface area contributed by atoms with E-state index in [0.717, 1.165) is 22.4 Å². The second kappa shape index (κ2) is 8.19. The van der Waals surface area contributed by atoms with E-state index in [1.54, 1.807) is 0 Å². The molecule has 5 rings (SSSR count). The van der Waals surface area contributed by atoms with E-state index < -0.39 is 10.0 Å². The number of halogens is 2. The predicted octanol–water partition coefficient (Wildman–Crippen LogP) is 4.49. The third-order valence-electron chi connectivity index (χ3n) is 5.96. The summed E-state index contributed by atoms with van der Waals surface area (Å²) in [5.41, 5.74) is 3.70. The Bertz CT molecular complexity index is 1550. The molecule has 1 fully saturated rings. The Morgan fingerprint density at radius 3 is 2.42 bits per heavy atom. The number of rotatable bonds is 3. The van der Waals surface area contributed by atoms with E-state index in [0.29, 0.717) is 42.4 Å². The van der Waals surface area contributed by atoms with Gasteiger partial charge in [0.05, 0.1) is 31.5 Å². The number of sulfonamides is 1. The lowest BCUT2D eigenvalue weighted by atomic mass is 10.1. The van der Waals surface area contributed by atoms with E-state index in [9.17, 15) is 13.7 Å². The van der Waals surface area contributed by atoms with Crippen LogP contribution in [0.3, 0.4) is 0 Å². The average molecular weight is 500 g/mol. The van der Waals surface area contributed by atoms with Gasteiger partial charge in [-0.3, -0.25) is 4.40 Å². The van der Waals surface area contributed by atoms with Crippen LogP contribution in [0.25, 0.3) is 16.7 Å². The molecule has 33 heavy (non-hydrogen) atoms. The van der Waals surface area contributed by atoms with Crippen LogP contribution in [0.4, 0.5) is 5.82 Å². The lowest BCUT2D eigenvalue weighted by molar-refractivity contribution is 0.383. The van der Waals surface area contributed by atoms with Crippen LogP contribution < -0.4 is 4.90 Å². The number of hydrogen-bond acceptors (Lipinski definition) is 5. The number of nitrogens with zero attached hydrogens (tertiary/aromatic N) is 5. The van der Waals surface area contributed by atoms with E-state index in [1.165, 1.54) is 22.5 Å². The van der Waals surface area contributed by atoms with Gasteiger partial charge in [0.2, 0.25) is 10.0 Å². The highest BCUT2D eigenvalue weighted by Gasteiger charge is 2.30. The molecule has 3 heterocycles. The number of fused-ring (bicyclic) bond motifs is 3. The molecule has 0 unspecified atom stereocenters. The highest BCUT2D eigenvalue weighted by atomic mass is 35.5. The van der Waals surface area contributed by atoms with Crippen molar-refractivity contribution in [1.29, 1.82) is 5.26 Å². The van der Waals surface area contributed by atoms with Crippen molar-refractivity contribution in [3.63, 3.8) is 0 Å². The van der Waals surface area contributed by atoms with Gasteiger partial charge in [0, 0.05) is 26.2 Å². The first-order valence-corrected chi connectivity index (χ1v) is 12.5. The maximum atomic E-state index is 13.1. The van der Waals surface area contributed by atoms with Crippen LogP contribution >= 0.6 is 23.2 Å². The van der Waals surface area contributed by atoms with Gasteiger partial charge in [-0.05, 0) is 48.9 Å². The molecule has 2 aromatic carbocycles. The molecule has 10 heteroatoms. The molecule has 1 aliphatic heterocycles. The molecule has 168 valence electrons. The first-order chi connectivity index (χ1) is 15.8. The van der Waals surface area contributed by atoms with Crippen LogP contribution in [0.2, 0.25) is 10.0 Å². The molecule has 7 nitrogen and oxygen atoms in total. The predicted molar refractivity (Wildman–Crippen MR) is 130 cm³/mol. The number of aromatic nitrogens is 2. The number of pyridine rings is 1. The highest BCUT2D eigenvalue weighted by molar-refractivity contribution is 7.89. The Kier molecular flexibility index (Phi) is 5.46. The van der Waals surface area contributed by atoms with Crippen LogP contribution in [0.1, 0.15) is 11.1 Å². The van der Waals surface area contributed by atoms with Crippen molar-refractivity contribution in [2.45, 2.75) is 11.8 Å². The molecular formula is C23H19Cl2N5O2S. The zero-order valence-corrected chi connectivity index (χ0v) is 20.0. The van der Waals surface area contributed by atoms with E-state index >= 15 is 0 Å². The Balaban J connectivity index is 1.50. The summed E-state index contributed by atoms with van der Waals surface area (Å²) in [6, 6.07) is 16.3. The summed E-state index contributed by atoms with van der Waals surface area (Å²) in [6.07, 6.45) is 0. The quantitative estimate of drug-likeness (QED) is 0.414. The number of anilines is 1. The highest BCUT2D eigenvalue weighted by Crippen LogP contribution is 2.31. The lowest BCUT2D eigenvalue weighted by Gasteiger charge is -2.36. The monoisotopic (exact) mass is 499 g/mol. The first-order valence-electron chi connectivity index (χ1n) is 10.3. The number of nitriles is 1. The average Bonchev–Trinajstić information content (AvgIpc) is 3.19. The Labute approximate surface area is 201 Å². The van der Waals surface area contributed by atoms with Crippen molar-refractivity contribution >= 4 is 55.7 Å². The van der Waals surface area contributed by atoms with Crippen LogP contribution in [-0.4, -0.2) is 48.3 Å². The van der Waals surface area contributed by atoms with Gasteiger partial charge < -0.3 is 4.90 Å². The second-order valence-electron chi connectivity index (χ2n) is 7.90. The van der Waals surface area contributed by atoms with E-state index in [1.807, 2.05) is 41.7 Å². The van der Waals surface area contributed by atoms with E-state index in [-0.39, 0.29) is 9.92 Å². The number of aryl methyl sites for hydroxylation is 1. The van der Waals surface area contributed by atoms with E-state index in [4.69, 9.17) is 28.2 Å². The normalized spacial score (nSPS) is 15.3. The summed E-state index contributed by atoms with van der Waals surface area (Å²) in [5, 5.41) is 10.2. The van der Waals surface area contributed by atoms with Crippen LogP contribution in [0.5, 0.6) is 0 Å². The van der Waals surface area contributed by atoms with Crippen LogP contribution in [0, 0.1) is 18.3 Å². The smallest absolute Gasteiger partial charge is 0.243 e. The van der Waals surface area contributed by atoms with Crippen molar-refractivity contribution in [1.82, 2.24) is 13.7 Å². The fourth-order valence-electron chi connectivity index (χ4n) is 4.25. The Hall–Kier alpha value is -2.83. The molecule has 0 saturated carbocycles. The van der Waals surface area contributed by atoms with Crippen molar-refractivity contribution in [3.05, 3.63) is 69.7 Å². The SMILES string of the molecule is Cc1cc(N2CCN(S(=O)(=O)c3ccc(Cl)c(Cl)c3)CC2)n2c(nc3ccccc32)c1C#N. The zero-order chi connectivity index (χ0) is 23.3. The summed E-state index contributed by atoms with van der Waals surface area (Å²) in [5.74, 6) is 0.891. The Morgan fingerprint density at radius 2 is 1.73 bits per heavy atom. The van der Waals surface area contributed by atoms with Gasteiger partial charge in [-0.1, -0.05) is 35.3 Å². The third kappa shape index (κ3) is 3.62. The number of para-hydroxylation sites is 2. The zero-order valence-electron chi connectivity index (χ0n) is 17.7. The molecule has 0 amide bonds. The summed E-state index contributed by atoms with van der Waals surface area (Å²) < 4.78 is 29.7. The minimum atomic E-state index is -3.69. The standard InChI is InChI=1S/C23H19Cl2N5O2S/c1-15-12-22(30-21-5-3-2-4-20(21)27-23(30)17(15)14-26)28-8-10-29(11-9-28)33(31,32)16-6-7-18(24)19(25)13-16/h2-7,12-13H,8-11H2,1H3. The van der Waals surface area contributed by atoms with Crippen molar-refractivity contribution in [3.8, 4) is 6.07 Å². The molecule has 1 aliphatic rings. The largest absolute Gasteiger partial charge is 0.355 e. The molecule has 0 spiro atoms. The number of imidazole rings is 1. The third-order valence-corrected chi connectivity index (χ3v) is 8.59. The maximum absolute atomic E-state index is 13.1. The number of hydrogen-bond donors (Lipinski definition) is 0. The van der Waals surface area contributed by atoms with Crippen LogP contribution in [0.15, 0.2) is 53.4 Å². The molecule has 0 atom stereocenters. The molecule has 0 N–H and O–H groups in total. The topological polar surface area (TPSA) is 81.7 Å². The minimum Gasteiger partial charge on any atom is -0.355 e. The van der Waals surface area contributed by atoms with Crippen molar-refractivity contribution in [2.24, 2.45) is 0 Å². The molecule has 4 aromatic rings. The van der Waals surface area contributed by atoms with Gasteiger partial charge in [0.15, 0.2) is 5.65 Å². The van der Waals surface area contributed by atoms with Gasteiger partial charge in [-0.2, -0.15) is 9.57 Å². The fraction of sp³-hybridized carbons (Fsp3) is 0.217. The van der Waals surface area contributed by atoms with Gasteiger partial charge in [0.1, 0.15) is 11.9 Å². The molecule has 2 aromatic heterocycles. The van der Waals surface area contributed by atoms with Gasteiger partial charge in [0.25, 0.3) is 0 Å².